The molecule has 0 aliphatic carbocycles. The zero-order valence-corrected chi connectivity index (χ0v) is 20.7. The van der Waals surface area contributed by atoms with E-state index in [9.17, 15) is 14.4 Å². The summed E-state index contributed by atoms with van der Waals surface area (Å²) in [7, 11) is 1.56. The highest BCUT2D eigenvalue weighted by Crippen LogP contribution is 2.30. The van der Waals surface area contributed by atoms with E-state index in [0.29, 0.717) is 36.4 Å². The summed E-state index contributed by atoms with van der Waals surface area (Å²) < 4.78 is 17.2. The molecule has 0 aromatic heterocycles. The molecule has 4 atom stereocenters. The van der Waals surface area contributed by atoms with Gasteiger partial charge in [-0.1, -0.05) is 20.3 Å². The van der Waals surface area contributed by atoms with E-state index in [2.05, 4.69) is 10.6 Å². The van der Waals surface area contributed by atoms with Gasteiger partial charge in [-0.05, 0) is 51.0 Å². The first-order valence-electron chi connectivity index (χ1n) is 11.7. The van der Waals surface area contributed by atoms with Gasteiger partial charge >= 0.3 is 6.09 Å². The fourth-order valence-corrected chi connectivity index (χ4v) is 4.06. The van der Waals surface area contributed by atoms with Crippen molar-refractivity contribution in [2.24, 2.45) is 5.92 Å². The molecular weight excluding hydrogens is 438 g/mol. The van der Waals surface area contributed by atoms with Crippen LogP contribution in [0.5, 0.6) is 11.5 Å². The standard InChI is InChI=1S/C25H35N3O6/c1-7-15(2)20-22(29)26-12-10-16-14-17(8-9-18(16)32-6)33-19-11-13-28(21(19)23(30)27-20)24(31)34-25(3,4)5/h8-10,12,14-15,19-21H,7,11,13H2,1-6H3,(H,26,29)(H,27,30)/b12-10-/t15-,19-,20-,21-/m0/s1. The Balaban J connectivity index is 2.02. The summed E-state index contributed by atoms with van der Waals surface area (Å²) >= 11 is 0. The van der Waals surface area contributed by atoms with Crippen molar-refractivity contribution in [3.05, 3.63) is 30.0 Å². The molecule has 2 aliphatic rings. The van der Waals surface area contributed by atoms with Gasteiger partial charge in [-0.15, -0.1) is 0 Å². The lowest BCUT2D eigenvalue weighted by atomic mass is 9.97. The second-order valence-electron chi connectivity index (χ2n) is 9.68. The number of likely N-dealkylation sites (tertiary alicyclic amines) is 1. The van der Waals surface area contributed by atoms with Crippen molar-refractivity contribution in [3.63, 3.8) is 0 Å². The van der Waals surface area contributed by atoms with Gasteiger partial charge in [0.15, 0.2) is 6.04 Å². The Morgan fingerprint density at radius 3 is 2.65 bits per heavy atom. The van der Waals surface area contributed by atoms with E-state index in [1.165, 1.54) is 11.1 Å². The zero-order valence-electron chi connectivity index (χ0n) is 20.7. The maximum absolute atomic E-state index is 13.5. The molecular formula is C25H35N3O6. The fraction of sp³-hybridized carbons (Fsp3) is 0.560. The molecule has 2 heterocycles. The molecule has 1 aromatic carbocycles. The van der Waals surface area contributed by atoms with Crippen LogP contribution < -0.4 is 20.1 Å². The Morgan fingerprint density at radius 2 is 2.00 bits per heavy atom. The molecule has 9 nitrogen and oxygen atoms in total. The van der Waals surface area contributed by atoms with Gasteiger partial charge in [0.05, 0.1) is 7.11 Å². The molecule has 0 unspecified atom stereocenters. The molecule has 1 saturated heterocycles. The number of amides is 3. The molecule has 0 spiro atoms. The van der Waals surface area contributed by atoms with Crippen molar-refractivity contribution in [2.45, 2.75) is 71.2 Å². The highest BCUT2D eigenvalue weighted by Gasteiger charge is 2.46. The van der Waals surface area contributed by atoms with Crippen LogP contribution in [0.2, 0.25) is 0 Å². The van der Waals surface area contributed by atoms with Crippen molar-refractivity contribution in [3.8, 4) is 11.5 Å². The van der Waals surface area contributed by atoms with Gasteiger partial charge in [0.1, 0.15) is 29.2 Å². The van der Waals surface area contributed by atoms with E-state index in [1.807, 2.05) is 13.8 Å². The highest BCUT2D eigenvalue weighted by molar-refractivity contribution is 5.92. The molecule has 3 rings (SSSR count). The summed E-state index contributed by atoms with van der Waals surface area (Å²) in [6.45, 7) is 9.46. The summed E-state index contributed by atoms with van der Waals surface area (Å²) in [4.78, 5) is 40.8. The maximum atomic E-state index is 13.5. The average Bonchev–Trinajstić information content (AvgIpc) is 3.19. The Morgan fingerprint density at radius 1 is 1.26 bits per heavy atom. The number of carbonyl (C=O) groups excluding carboxylic acids is 3. The number of hydrogen-bond donors (Lipinski definition) is 2. The van der Waals surface area contributed by atoms with Crippen LogP contribution in [0.3, 0.4) is 0 Å². The van der Waals surface area contributed by atoms with Crippen molar-refractivity contribution in [1.82, 2.24) is 15.5 Å². The molecule has 2 N–H and O–H groups in total. The Hall–Kier alpha value is -3.23. The minimum absolute atomic E-state index is 0.131. The van der Waals surface area contributed by atoms with Crippen LogP contribution in [0.15, 0.2) is 24.4 Å². The third kappa shape index (κ3) is 5.81. The minimum Gasteiger partial charge on any atom is -0.496 e. The second kappa shape index (κ2) is 10.4. The number of nitrogens with one attached hydrogen (secondary N) is 2. The summed E-state index contributed by atoms with van der Waals surface area (Å²) in [5, 5.41) is 5.62. The number of benzene rings is 1. The summed E-state index contributed by atoms with van der Waals surface area (Å²) in [5.74, 6) is 0.212. The van der Waals surface area contributed by atoms with E-state index in [4.69, 9.17) is 14.2 Å². The molecule has 2 bridgehead atoms. The van der Waals surface area contributed by atoms with Gasteiger partial charge in [0, 0.05) is 24.7 Å². The highest BCUT2D eigenvalue weighted by atomic mass is 16.6. The predicted molar refractivity (Wildman–Crippen MR) is 127 cm³/mol. The van der Waals surface area contributed by atoms with Crippen molar-refractivity contribution >= 4 is 24.0 Å². The number of carbonyl (C=O) groups is 3. The summed E-state index contributed by atoms with van der Waals surface area (Å²) in [6, 6.07) is 3.55. The van der Waals surface area contributed by atoms with Crippen molar-refractivity contribution in [1.29, 1.82) is 0 Å². The topological polar surface area (TPSA) is 106 Å². The smallest absolute Gasteiger partial charge is 0.411 e. The number of rotatable bonds is 3. The molecule has 34 heavy (non-hydrogen) atoms. The molecule has 0 saturated carbocycles. The Kier molecular flexibility index (Phi) is 7.74. The number of methoxy groups -OCH3 is 1. The van der Waals surface area contributed by atoms with Gasteiger partial charge in [-0.25, -0.2) is 4.79 Å². The maximum Gasteiger partial charge on any atom is 0.411 e. The number of ether oxygens (including phenoxy) is 3. The van der Waals surface area contributed by atoms with Crippen molar-refractivity contribution < 1.29 is 28.6 Å². The number of hydrogen-bond acceptors (Lipinski definition) is 6. The second-order valence-corrected chi connectivity index (χ2v) is 9.68. The minimum atomic E-state index is -0.950. The van der Waals surface area contributed by atoms with Crippen LogP contribution in [0.4, 0.5) is 4.79 Å². The summed E-state index contributed by atoms with van der Waals surface area (Å²) in [5.41, 5.74) is -0.0108. The quantitative estimate of drug-likeness (QED) is 0.699. The van der Waals surface area contributed by atoms with Gasteiger partial charge in [0.2, 0.25) is 11.8 Å². The lowest BCUT2D eigenvalue weighted by molar-refractivity contribution is -0.133. The van der Waals surface area contributed by atoms with Crippen LogP contribution in [0, 0.1) is 5.92 Å². The first-order valence-corrected chi connectivity index (χ1v) is 11.7. The largest absolute Gasteiger partial charge is 0.496 e. The first-order chi connectivity index (χ1) is 16.0. The van der Waals surface area contributed by atoms with E-state index < -0.39 is 35.8 Å². The number of nitrogens with zero attached hydrogens (tertiary/aromatic N) is 1. The third-order valence-corrected chi connectivity index (χ3v) is 6.01. The van der Waals surface area contributed by atoms with Gasteiger partial charge < -0.3 is 24.8 Å². The lowest BCUT2D eigenvalue weighted by Gasteiger charge is -2.31. The molecule has 1 fully saturated rings. The van der Waals surface area contributed by atoms with Gasteiger partial charge in [-0.3, -0.25) is 14.5 Å². The number of fused-ring (bicyclic) bond motifs is 3. The molecule has 186 valence electrons. The van der Waals surface area contributed by atoms with Gasteiger partial charge in [0.25, 0.3) is 0 Å². The fourth-order valence-electron chi connectivity index (χ4n) is 4.06. The molecule has 0 radical (unpaired) electrons. The van der Waals surface area contributed by atoms with Crippen LogP contribution >= 0.6 is 0 Å². The van der Waals surface area contributed by atoms with Crippen LogP contribution in [-0.4, -0.2) is 60.3 Å². The monoisotopic (exact) mass is 473 g/mol. The van der Waals surface area contributed by atoms with Crippen LogP contribution in [0.25, 0.3) is 6.08 Å². The zero-order chi connectivity index (χ0) is 25.0. The molecule has 2 aliphatic heterocycles. The van der Waals surface area contributed by atoms with Crippen molar-refractivity contribution in [2.75, 3.05) is 13.7 Å². The van der Waals surface area contributed by atoms with Crippen LogP contribution in [0.1, 0.15) is 53.0 Å². The van der Waals surface area contributed by atoms with Crippen LogP contribution in [-0.2, 0) is 14.3 Å². The Bertz CT molecular complexity index is 954. The van der Waals surface area contributed by atoms with E-state index >= 15 is 0 Å². The molecule has 9 heteroatoms. The molecule has 3 amide bonds. The summed E-state index contributed by atoms with van der Waals surface area (Å²) in [6.07, 6.45) is 3.16. The van der Waals surface area contributed by atoms with E-state index in [0.717, 1.165) is 0 Å². The lowest BCUT2D eigenvalue weighted by Crippen LogP contribution is -2.57. The molecule has 1 aromatic rings. The normalized spacial score (nSPS) is 24.8. The van der Waals surface area contributed by atoms with Gasteiger partial charge in [-0.2, -0.15) is 0 Å². The predicted octanol–water partition coefficient (Wildman–Crippen LogP) is 3.08. The SMILES string of the molecule is CC[C@H](C)[C@@H]1NC(=O)[C@@H]2[C@H](CCN2C(=O)OC(C)(C)C)Oc2ccc(OC)c(c2)/C=C\NC1=O. The first kappa shape index (κ1) is 25.4. The van der Waals surface area contributed by atoms with E-state index in [1.54, 1.807) is 52.2 Å². The average molecular weight is 474 g/mol. The third-order valence-electron chi connectivity index (χ3n) is 6.01. The Labute approximate surface area is 200 Å². The van der Waals surface area contributed by atoms with E-state index in [-0.39, 0.29) is 11.8 Å².